The van der Waals surface area contributed by atoms with Gasteiger partial charge in [-0.1, -0.05) is 12.1 Å². The van der Waals surface area contributed by atoms with Crippen LogP contribution < -0.4 is 5.73 Å². The number of nitrogens with two attached hydrogens (primary N) is 1. The van der Waals surface area contributed by atoms with Gasteiger partial charge in [0.2, 0.25) is 5.78 Å². The van der Waals surface area contributed by atoms with Gasteiger partial charge in [-0.3, -0.25) is 14.4 Å². The highest BCUT2D eigenvalue weighted by atomic mass is 16.7. The van der Waals surface area contributed by atoms with Crippen molar-refractivity contribution in [2.24, 2.45) is 5.73 Å². The molecule has 0 saturated carbocycles. The van der Waals surface area contributed by atoms with E-state index in [1.54, 1.807) is 6.92 Å². The number of fused-ring (bicyclic) bond motifs is 3. The zero-order valence-electron chi connectivity index (χ0n) is 19.9. The predicted molar refractivity (Wildman–Crippen MR) is 125 cm³/mol. The van der Waals surface area contributed by atoms with Crippen LogP contribution in [0, 0.1) is 0 Å². The molecular weight excluding hydrogens is 486 g/mol. The van der Waals surface area contributed by atoms with E-state index in [9.17, 15) is 39.9 Å². The van der Waals surface area contributed by atoms with Gasteiger partial charge in [-0.2, -0.15) is 0 Å². The topological polar surface area (TPSA) is 197 Å². The maximum Gasteiger partial charge on any atom is 0.201 e. The van der Waals surface area contributed by atoms with Crippen molar-refractivity contribution in [3.05, 3.63) is 57.6 Å². The van der Waals surface area contributed by atoms with Crippen LogP contribution >= 0.6 is 0 Å². The molecule has 1 saturated heterocycles. The summed E-state index contributed by atoms with van der Waals surface area (Å²) in [7, 11) is 0. The third-order valence-corrected chi connectivity index (χ3v) is 7.47. The highest BCUT2D eigenvalue weighted by Gasteiger charge is 2.48. The summed E-state index contributed by atoms with van der Waals surface area (Å²) in [5.74, 6) is -3.25. The van der Waals surface area contributed by atoms with Crippen molar-refractivity contribution in [3.8, 4) is 11.5 Å². The van der Waals surface area contributed by atoms with Gasteiger partial charge >= 0.3 is 0 Å². The lowest BCUT2D eigenvalue weighted by atomic mass is 9.72. The van der Waals surface area contributed by atoms with Crippen molar-refractivity contribution >= 4 is 17.3 Å². The number of phenolic OH excluding ortho intramolecular Hbond substituents is 2. The second-order valence-corrected chi connectivity index (χ2v) is 9.86. The Labute approximate surface area is 211 Å². The second-order valence-electron chi connectivity index (χ2n) is 9.86. The van der Waals surface area contributed by atoms with E-state index in [0.29, 0.717) is 0 Å². The smallest absolute Gasteiger partial charge is 0.201 e. The number of ketones is 3. The molecule has 0 bridgehead atoms. The Balaban J connectivity index is 1.64. The standard InChI is InChI=1S/C26H27NO10/c1-10-22(31)14(27)6-18(36-10)37-16-8-26(35,17(30)9-28)7-11-5-13-21(24(33)19(11)16)25(34)20-12(23(13)32)3-2-4-15(20)29/h2-5,10,14,16,18,22,28-29,31,33,35H,6-9,27H2,1H3/t10-,14-,16-,18+,22+,26+/m1/s1. The number of aliphatic hydroxyl groups excluding tert-OH is 2. The van der Waals surface area contributed by atoms with E-state index in [0.717, 1.165) is 0 Å². The molecule has 0 radical (unpaired) electrons. The van der Waals surface area contributed by atoms with Crippen LogP contribution in [0.4, 0.5) is 0 Å². The predicted octanol–water partition coefficient (Wildman–Crippen LogP) is -0.00730. The van der Waals surface area contributed by atoms with Gasteiger partial charge in [-0.05, 0) is 24.6 Å². The molecule has 7 N–H and O–H groups in total. The summed E-state index contributed by atoms with van der Waals surface area (Å²) in [6, 6.07) is 4.69. The van der Waals surface area contributed by atoms with Gasteiger partial charge in [0, 0.05) is 42.0 Å². The normalized spacial score (nSPS) is 30.9. The van der Waals surface area contributed by atoms with E-state index in [4.69, 9.17) is 15.2 Å². The van der Waals surface area contributed by atoms with Gasteiger partial charge in [0.25, 0.3) is 0 Å². The molecule has 2 aromatic carbocycles. The number of hydrogen-bond acceptors (Lipinski definition) is 11. The number of ether oxygens (including phenoxy) is 2. The molecule has 11 heteroatoms. The fourth-order valence-electron chi connectivity index (χ4n) is 5.52. The minimum Gasteiger partial charge on any atom is -0.507 e. The Kier molecular flexibility index (Phi) is 6.18. The molecule has 196 valence electrons. The SMILES string of the molecule is C[C@H]1O[C@@H](O[C@@H]2C[C@](O)(C(=O)CO)Cc3cc4c(c(O)c32)C(=O)c2c(O)cccc2C4=O)C[C@@H](N)[C@H]1O. The molecule has 11 nitrogen and oxygen atoms in total. The lowest BCUT2D eigenvalue weighted by molar-refractivity contribution is -0.247. The first-order valence-electron chi connectivity index (χ1n) is 11.9. The van der Waals surface area contributed by atoms with Crippen molar-refractivity contribution in [2.75, 3.05) is 6.61 Å². The van der Waals surface area contributed by atoms with Gasteiger partial charge in [0.15, 0.2) is 17.9 Å². The zero-order valence-corrected chi connectivity index (χ0v) is 19.9. The fourth-order valence-corrected chi connectivity index (χ4v) is 5.52. The first kappa shape index (κ1) is 25.5. The van der Waals surface area contributed by atoms with Crippen molar-refractivity contribution in [1.82, 2.24) is 0 Å². The van der Waals surface area contributed by atoms with E-state index >= 15 is 0 Å². The molecule has 5 rings (SSSR count). The lowest BCUT2D eigenvalue weighted by Crippen LogP contribution is -2.53. The summed E-state index contributed by atoms with van der Waals surface area (Å²) in [5.41, 5.74) is 3.40. The molecule has 3 aliphatic rings. The molecule has 0 amide bonds. The molecule has 1 aliphatic heterocycles. The Hall–Kier alpha value is -3.19. The number of carbonyl (C=O) groups is 3. The zero-order chi connectivity index (χ0) is 26.8. The van der Waals surface area contributed by atoms with Gasteiger partial charge in [0.1, 0.15) is 23.7 Å². The summed E-state index contributed by atoms with van der Waals surface area (Å²) >= 11 is 0. The molecule has 0 spiro atoms. The average molecular weight is 513 g/mol. The van der Waals surface area contributed by atoms with E-state index in [1.807, 2.05) is 0 Å². The fraction of sp³-hybridized carbons (Fsp3) is 0.423. The third-order valence-electron chi connectivity index (χ3n) is 7.47. The minimum absolute atomic E-state index is 0.0423. The first-order chi connectivity index (χ1) is 17.5. The highest BCUT2D eigenvalue weighted by molar-refractivity contribution is 6.30. The Morgan fingerprint density at radius 2 is 1.92 bits per heavy atom. The molecule has 1 fully saturated rings. The van der Waals surface area contributed by atoms with Crippen LogP contribution in [-0.4, -0.2) is 79.6 Å². The van der Waals surface area contributed by atoms with Gasteiger partial charge in [-0.25, -0.2) is 0 Å². The van der Waals surface area contributed by atoms with Crippen LogP contribution in [0.15, 0.2) is 24.3 Å². The molecule has 1 heterocycles. The lowest BCUT2D eigenvalue weighted by Gasteiger charge is -2.42. The van der Waals surface area contributed by atoms with Crippen LogP contribution in [-0.2, 0) is 20.7 Å². The molecule has 37 heavy (non-hydrogen) atoms. The maximum absolute atomic E-state index is 13.4. The van der Waals surface area contributed by atoms with E-state index in [-0.39, 0.29) is 52.6 Å². The van der Waals surface area contributed by atoms with Crippen LogP contribution in [0.2, 0.25) is 0 Å². The van der Waals surface area contributed by atoms with Crippen LogP contribution in [0.1, 0.15) is 68.8 Å². The average Bonchev–Trinajstić information content (AvgIpc) is 2.84. The molecule has 2 aromatic rings. The number of aromatic hydroxyl groups is 2. The summed E-state index contributed by atoms with van der Waals surface area (Å²) in [6.45, 7) is 0.649. The van der Waals surface area contributed by atoms with Crippen molar-refractivity contribution < 1.29 is 49.4 Å². The summed E-state index contributed by atoms with van der Waals surface area (Å²) in [6.07, 6.45) is -4.50. The van der Waals surface area contributed by atoms with E-state index < -0.39 is 71.7 Å². The van der Waals surface area contributed by atoms with Crippen LogP contribution in [0.25, 0.3) is 0 Å². The number of rotatable bonds is 4. The number of hydrogen-bond donors (Lipinski definition) is 6. The van der Waals surface area contributed by atoms with Gasteiger partial charge in [0.05, 0.1) is 29.4 Å². The van der Waals surface area contributed by atoms with Crippen molar-refractivity contribution in [2.45, 2.75) is 62.4 Å². The number of benzene rings is 2. The Morgan fingerprint density at radius 3 is 2.59 bits per heavy atom. The monoisotopic (exact) mass is 513 g/mol. The second kappa shape index (κ2) is 8.98. The Bertz CT molecular complexity index is 1310. The third kappa shape index (κ3) is 3.95. The Morgan fingerprint density at radius 1 is 1.19 bits per heavy atom. The van der Waals surface area contributed by atoms with Crippen molar-refractivity contribution in [3.63, 3.8) is 0 Å². The summed E-state index contributed by atoms with van der Waals surface area (Å²) in [5, 5.41) is 52.4. The molecule has 0 unspecified atom stereocenters. The van der Waals surface area contributed by atoms with Crippen molar-refractivity contribution in [1.29, 1.82) is 0 Å². The molecule has 2 aliphatic carbocycles. The summed E-state index contributed by atoms with van der Waals surface area (Å²) in [4.78, 5) is 39.2. The van der Waals surface area contributed by atoms with Crippen LogP contribution in [0.3, 0.4) is 0 Å². The first-order valence-corrected chi connectivity index (χ1v) is 11.9. The van der Waals surface area contributed by atoms with E-state index in [1.165, 1.54) is 24.3 Å². The number of carbonyl (C=O) groups excluding carboxylic acids is 3. The highest BCUT2D eigenvalue weighted by Crippen LogP contribution is 2.48. The minimum atomic E-state index is -2.09. The largest absolute Gasteiger partial charge is 0.507 e. The number of aliphatic hydroxyl groups is 3. The van der Waals surface area contributed by atoms with Gasteiger partial charge in [-0.15, -0.1) is 0 Å². The quantitative estimate of drug-likeness (QED) is 0.274. The summed E-state index contributed by atoms with van der Waals surface area (Å²) < 4.78 is 11.7. The van der Waals surface area contributed by atoms with E-state index in [2.05, 4.69) is 0 Å². The maximum atomic E-state index is 13.4. The molecule has 6 atom stereocenters. The molecular formula is C26H27NO10. The van der Waals surface area contributed by atoms with Crippen LogP contribution in [0.5, 0.6) is 11.5 Å². The number of Topliss-reactive ketones (excluding diaryl/α,β-unsaturated/α-hetero) is 1. The molecule has 0 aromatic heterocycles. The van der Waals surface area contributed by atoms with Gasteiger partial charge < -0.3 is 40.7 Å². The number of phenols is 2.